The van der Waals surface area contributed by atoms with Crippen molar-refractivity contribution >= 4 is 28.3 Å². The van der Waals surface area contributed by atoms with E-state index in [-0.39, 0.29) is 12.0 Å². The number of morpholine rings is 1. The predicted octanol–water partition coefficient (Wildman–Crippen LogP) is 3.78. The van der Waals surface area contributed by atoms with Gasteiger partial charge in [-0.15, -0.1) is 0 Å². The van der Waals surface area contributed by atoms with Gasteiger partial charge in [0, 0.05) is 44.0 Å². The monoisotopic (exact) mass is 505 g/mol. The molecule has 196 valence electrons. The topological polar surface area (TPSA) is 97.8 Å². The second-order valence-electron chi connectivity index (χ2n) is 9.55. The van der Waals surface area contributed by atoms with Gasteiger partial charge in [-0.05, 0) is 62.1 Å². The molecule has 2 fully saturated rings. The molecule has 9 heteroatoms. The molecule has 0 spiro atoms. The summed E-state index contributed by atoms with van der Waals surface area (Å²) in [4.78, 5) is 22.7. The second kappa shape index (κ2) is 12.1. The van der Waals surface area contributed by atoms with Crippen LogP contribution < -0.4 is 25.0 Å². The van der Waals surface area contributed by atoms with Crippen LogP contribution in [0.3, 0.4) is 0 Å². The van der Waals surface area contributed by atoms with Crippen molar-refractivity contribution in [1.82, 2.24) is 15.3 Å². The number of carbonyl (C=O) groups excluding carboxylic acids is 1. The second-order valence-corrected chi connectivity index (χ2v) is 9.55. The molecule has 3 aromatic rings. The Hall–Kier alpha value is -3.59. The number of pyridine rings is 2. The molecule has 1 aromatic carbocycles. The number of anilines is 2. The molecule has 0 bridgehead atoms. The van der Waals surface area contributed by atoms with Crippen LogP contribution in [0, 0.1) is 0 Å². The van der Waals surface area contributed by atoms with Crippen LogP contribution in [0.2, 0.25) is 0 Å². The van der Waals surface area contributed by atoms with Crippen LogP contribution in [0.25, 0.3) is 10.9 Å². The maximum absolute atomic E-state index is 10.9. The first-order chi connectivity index (χ1) is 18.1. The van der Waals surface area contributed by atoms with Gasteiger partial charge in [0.2, 0.25) is 11.8 Å². The zero-order valence-electron chi connectivity index (χ0n) is 21.3. The molecule has 0 unspecified atom stereocenters. The van der Waals surface area contributed by atoms with Crippen molar-refractivity contribution in [1.29, 1.82) is 0 Å². The van der Waals surface area contributed by atoms with Gasteiger partial charge >= 0.3 is 0 Å². The predicted molar refractivity (Wildman–Crippen MR) is 143 cm³/mol. The van der Waals surface area contributed by atoms with Crippen LogP contribution in [0.4, 0.5) is 11.5 Å². The van der Waals surface area contributed by atoms with Crippen LogP contribution in [-0.4, -0.2) is 67.5 Å². The van der Waals surface area contributed by atoms with Crippen LogP contribution in [-0.2, 0) is 9.53 Å². The van der Waals surface area contributed by atoms with Crippen molar-refractivity contribution < 1.29 is 19.0 Å². The highest BCUT2D eigenvalue weighted by Crippen LogP contribution is 2.31. The Morgan fingerprint density at radius 2 is 1.89 bits per heavy atom. The Morgan fingerprint density at radius 1 is 1.11 bits per heavy atom. The van der Waals surface area contributed by atoms with Crippen molar-refractivity contribution in [3.05, 3.63) is 48.7 Å². The number of benzene rings is 1. The molecular weight excluding hydrogens is 470 g/mol. The Bertz CT molecular complexity index is 1170. The number of carbonyl (C=O) groups is 1. The van der Waals surface area contributed by atoms with E-state index >= 15 is 0 Å². The van der Waals surface area contributed by atoms with Gasteiger partial charge in [0.1, 0.15) is 24.3 Å². The molecule has 0 atom stereocenters. The van der Waals surface area contributed by atoms with E-state index < -0.39 is 0 Å². The Kier molecular flexibility index (Phi) is 8.20. The largest absolute Gasteiger partial charge is 0.492 e. The van der Waals surface area contributed by atoms with Crippen molar-refractivity contribution in [2.75, 3.05) is 49.7 Å². The number of rotatable bonds is 9. The number of nitrogens with zero attached hydrogens (tertiary/aromatic N) is 3. The molecule has 2 aromatic heterocycles. The fraction of sp³-hybridized carbons (Fsp3) is 0.464. The van der Waals surface area contributed by atoms with Crippen molar-refractivity contribution in [3.8, 4) is 11.6 Å². The molecule has 2 aliphatic rings. The van der Waals surface area contributed by atoms with Crippen molar-refractivity contribution in [2.24, 2.45) is 0 Å². The van der Waals surface area contributed by atoms with Gasteiger partial charge in [-0.3, -0.25) is 9.78 Å². The maximum atomic E-state index is 10.9. The molecular formula is C28H35N5O4. The van der Waals surface area contributed by atoms with Crippen LogP contribution in [0.1, 0.15) is 32.6 Å². The van der Waals surface area contributed by atoms with Crippen LogP contribution in [0.5, 0.6) is 11.6 Å². The molecule has 3 heterocycles. The van der Waals surface area contributed by atoms with E-state index in [1.54, 1.807) is 0 Å². The highest BCUT2D eigenvalue weighted by Gasteiger charge is 2.24. The van der Waals surface area contributed by atoms with Crippen LogP contribution >= 0.6 is 0 Å². The third-order valence-electron chi connectivity index (χ3n) is 6.81. The molecule has 9 nitrogen and oxygen atoms in total. The standard InChI is InChI=1S/C28H35N5O4/c1-20(34)29-13-16-36-23-8-4-21(5-9-23)31-22-6-10-24(11-7-22)37-28-25-3-2-12-30-26(25)19-27(32-28)33-14-17-35-18-15-33/h2-5,8-9,12,19,22,24,31H,6-7,10-11,13-18H2,1H3,(H,29,34). The number of amides is 1. The first kappa shape index (κ1) is 25.1. The Balaban J connectivity index is 1.14. The summed E-state index contributed by atoms with van der Waals surface area (Å²) < 4.78 is 17.7. The van der Waals surface area contributed by atoms with E-state index in [1.807, 2.05) is 48.7 Å². The van der Waals surface area contributed by atoms with E-state index in [1.165, 1.54) is 6.92 Å². The van der Waals surface area contributed by atoms with E-state index in [2.05, 4.69) is 20.5 Å². The lowest BCUT2D eigenvalue weighted by atomic mass is 9.92. The minimum Gasteiger partial charge on any atom is -0.492 e. The highest BCUT2D eigenvalue weighted by molar-refractivity contribution is 5.85. The lowest BCUT2D eigenvalue weighted by molar-refractivity contribution is -0.119. The lowest BCUT2D eigenvalue weighted by Crippen LogP contribution is -2.37. The average molecular weight is 506 g/mol. The molecule has 5 rings (SSSR count). The summed E-state index contributed by atoms with van der Waals surface area (Å²) >= 11 is 0. The van der Waals surface area contributed by atoms with E-state index in [0.29, 0.717) is 38.3 Å². The SMILES string of the molecule is CC(=O)NCCOc1ccc(NC2CCC(Oc3nc(N4CCOCC4)cc4ncccc34)CC2)cc1. The minimum atomic E-state index is -0.0496. The van der Waals surface area contributed by atoms with Gasteiger partial charge < -0.3 is 29.7 Å². The number of aromatic nitrogens is 2. The molecule has 1 amide bonds. The lowest BCUT2D eigenvalue weighted by Gasteiger charge is -2.31. The molecule has 1 aliphatic heterocycles. The fourth-order valence-corrected chi connectivity index (χ4v) is 4.84. The number of ether oxygens (including phenoxy) is 3. The van der Waals surface area contributed by atoms with Crippen LogP contribution in [0.15, 0.2) is 48.7 Å². The molecule has 1 aliphatic carbocycles. The summed E-state index contributed by atoms with van der Waals surface area (Å²) in [6, 6.07) is 14.4. The van der Waals surface area contributed by atoms with Crippen molar-refractivity contribution in [3.63, 3.8) is 0 Å². The summed E-state index contributed by atoms with van der Waals surface area (Å²) in [5.74, 6) is 2.33. The van der Waals surface area contributed by atoms with Gasteiger partial charge in [0.15, 0.2) is 0 Å². The van der Waals surface area contributed by atoms with Gasteiger partial charge in [0.25, 0.3) is 0 Å². The Labute approximate surface area is 217 Å². The molecule has 1 saturated heterocycles. The van der Waals surface area contributed by atoms with Gasteiger partial charge in [0.05, 0.1) is 30.7 Å². The summed E-state index contributed by atoms with van der Waals surface area (Å²) in [6.45, 7) is 5.52. The number of fused-ring (bicyclic) bond motifs is 1. The zero-order valence-corrected chi connectivity index (χ0v) is 21.3. The summed E-state index contributed by atoms with van der Waals surface area (Å²) in [5, 5.41) is 7.33. The minimum absolute atomic E-state index is 0.0496. The maximum Gasteiger partial charge on any atom is 0.225 e. The zero-order chi connectivity index (χ0) is 25.5. The van der Waals surface area contributed by atoms with Gasteiger partial charge in [-0.2, -0.15) is 4.98 Å². The van der Waals surface area contributed by atoms with Crippen molar-refractivity contribution in [2.45, 2.75) is 44.8 Å². The molecule has 0 radical (unpaired) electrons. The number of hydrogen-bond donors (Lipinski definition) is 2. The highest BCUT2D eigenvalue weighted by atomic mass is 16.5. The summed E-state index contributed by atoms with van der Waals surface area (Å²) in [7, 11) is 0. The molecule has 1 saturated carbocycles. The summed E-state index contributed by atoms with van der Waals surface area (Å²) in [5.41, 5.74) is 1.99. The molecule has 37 heavy (non-hydrogen) atoms. The molecule has 2 N–H and O–H groups in total. The van der Waals surface area contributed by atoms with Gasteiger partial charge in [-0.1, -0.05) is 0 Å². The third-order valence-corrected chi connectivity index (χ3v) is 6.81. The van der Waals surface area contributed by atoms with Gasteiger partial charge in [-0.25, -0.2) is 0 Å². The summed E-state index contributed by atoms with van der Waals surface area (Å²) in [6.07, 6.45) is 5.93. The van der Waals surface area contributed by atoms with E-state index in [4.69, 9.17) is 19.2 Å². The fourth-order valence-electron chi connectivity index (χ4n) is 4.84. The normalized spacial score (nSPS) is 19.9. The van der Waals surface area contributed by atoms with E-state index in [0.717, 1.165) is 66.9 Å². The average Bonchev–Trinajstić information content (AvgIpc) is 2.93. The quantitative estimate of drug-likeness (QED) is 0.424. The number of nitrogens with one attached hydrogen (secondary N) is 2. The first-order valence-electron chi connectivity index (χ1n) is 13.1. The number of hydrogen-bond acceptors (Lipinski definition) is 8. The van der Waals surface area contributed by atoms with E-state index in [9.17, 15) is 4.79 Å². The first-order valence-corrected chi connectivity index (χ1v) is 13.1. The third kappa shape index (κ3) is 6.80. The Morgan fingerprint density at radius 3 is 2.65 bits per heavy atom. The smallest absolute Gasteiger partial charge is 0.225 e.